The zero-order chi connectivity index (χ0) is 40.2. The maximum Gasteiger partial charge on any atom is 0.262 e. The van der Waals surface area contributed by atoms with Crippen molar-refractivity contribution in [2.24, 2.45) is 17.8 Å². The van der Waals surface area contributed by atoms with Gasteiger partial charge >= 0.3 is 0 Å². The molecule has 11 unspecified atom stereocenters. The Bertz CT molecular complexity index is 1710. The highest BCUT2D eigenvalue weighted by molar-refractivity contribution is 6.09. The zero-order valence-corrected chi connectivity index (χ0v) is 32.0. The molecule has 2 fully saturated rings. The second kappa shape index (κ2) is 20.5. The monoisotopic (exact) mass is 752 g/mol. The van der Waals surface area contributed by atoms with Crippen LogP contribution in [0.25, 0.3) is 0 Å². The average Bonchev–Trinajstić information content (AvgIpc) is 3.41. The largest absolute Gasteiger partial charge is 0.507 e. The van der Waals surface area contributed by atoms with Crippen molar-refractivity contribution in [3.8, 4) is 5.75 Å². The Labute approximate surface area is 316 Å². The van der Waals surface area contributed by atoms with Gasteiger partial charge in [0.25, 0.3) is 5.56 Å². The number of pyridine rings is 1. The minimum Gasteiger partial charge on any atom is -0.507 e. The molecule has 0 spiro atoms. The summed E-state index contributed by atoms with van der Waals surface area (Å²) in [4.78, 5) is 39.9. The fourth-order valence-electron chi connectivity index (χ4n) is 6.48. The Kier molecular flexibility index (Phi) is 16.7. The summed E-state index contributed by atoms with van der Waals surface area (Å²) in [6.45, 7) is 10.6. The van der Waals surface area contributed by atoms with Gasteiger partial charge in [0, 0.05) is 38.1 Å². The van der Waals surface area contributed by atoms with Crippen LogP contribution in [-0.2, 0) is 19.0 Å². The number of H-pyrrole nitrogens is 1. The number of nitrogens with one attached hydrogen (secondary N) is 2. The van der Waals surface area contributed by atoms with Crippen LogP contribution in [0.15, 0.2) is 101 Å². The Morgan fingerprint density at radius 1 is 1.04 bits per heavy atom. The normalized spacial score (nSPS) is 30.2. The fraction of sp³-hybridized carbons (Fsp3) is 0.488. The molecule has 0 bridgehead atoms. The number of aromatic nitrogens is 1. The van der Waals surface area contributed by atoms with Crippen molar-refractivity contribution in [3.05, 3.63) is 112 Å². The van der Waals surface area contributed by atoms with E-state index in [0.717, 1.165) is 5.57 Å². The standard InChI is InChI=1S/C41H56N2O11/c1-8-9-11-18-31-26(4)30(45)23-41(51,54-31)28(6)39(49)42-21-15-14-17-25(3)37(52-7)27(5)38-36(48)35(47)32(53-38)19-13-10-12-16-24(2)34(46)33-29(44)20-22-43-40(33)50/h8-20,22,26-28,30-32,35-38,45,47-48,51H,21,23H2,1-7H3,(H,42,49)(H2,43,44,50). The van der Waals surface area contributed by atoms with Crippen LogP contribution >= 0.6 is 0 Å². The first kappa shape index (κ1) is 44.2. The lowest BCUT2D eigenvalue weighted by atomic mass is 9.83. The van der Waals surface area contributed by atoms with E-state index in [2.05, 4.69) is 10.3 Å². The van der Waals surface area contributed by atoms with Gasteiger partial charge in [-0.05, 0) is 44.9 Å². The fourth-order valence-corrected chi connectivity index (χ4v) is 6.48. The van der Waals surface area contributed by atoms with E-state index in [1.165, 1.54) is 32.4 Å². The van der Waals surface area contributed by atoms with Gasteiger partial charge in [-0.15, -0.1) is 0 Å². The lowest BCUT2D eigenvalue weighted by Crippen LogP contribution is -2.56. The third-order valence-electron chi connectivity index (χ3n) is 9.96. The van der Waals surface area contributed by atoms with E-state index in [1.807, 2.05) is 45.9 Å². The van der Waals surface area contributed by atoms with E-state index in [4.69, 9.17) is 14.2 Å². The van der Waals surface area contributed by atoms with Crippen LogP contribution in [-0.4, -0.2) is 104 Å². The summed E-state index contributed by atoms with van der Waals surface area (Å²) in [5.41, 5.74) is -0.00758. The average molecular weight is 753 g/mol. The van der Waals surface area contributed by atoms with Crippen LogP contribution < -0.4 is 10.9 Å². The summed E-state index contributed by atoms with van der Waals surface area (Å²) in [5.74, 6) is -4.89. The molecule has 3 heterocycles. The number of methoxy groups -OCH3 is 1. The van der Waals surface area contributed by atoms with Crippen molar-refractivity contribution in [2.75, 3.05) is 13.7 Å². The Morgan fingerprint density at radius 3 is 2.39 bits per heavy atom. The second-order valence-electron chi connectivity index (χ2n) is 13.9. The number of ether oxygens (including phenoxy) is 3. The van der Waals surface area contributed by atoms with Crippen molar-refractivity contribution in [1.29, 1.82) is 0 Å². The highest BCUT2D eigenvalue weighted by atomic mass is 16.6. The van der Waals surface area contributed by atoms with E-state index < -0.39 is 77.4 Å². The second-order valence-corrected chi connectivity index (χ2v) is 13.9. The number of carbonyl (C=O) groups is 2. The van der Waals surface area contributed by atoms with Gasteiger partial charge in [0.1, 0.15) is 29.6 Å². The summed E-state index contributed by atoms with van der Waals surface area (Å²) >= 11 is 0. The molecule has 3 rings (SSSR count). The number of aromatic amines is 1. The molecule has 1 amide bonds. The maximum atomic E-state index is 13.0. The molecule has 296 valence electrons. The number of aliphatic hydroxyl groups is 4. The summed E-state index contributed by atoms with van der Waals surface area (Å²) < 4.78 is 17.7. The van der Waals surface area contributed by atoms with E-state index >= 15 is 0 Å². The third kappa shape index (κ3) is 11.2. The molecule has 1 aromatic heterocycles. The number of allylic oxidation sites excluding steroid dienone is 10. The number of ketones is 1. The first-order valence-corrected chi connectivity index (χ1v) is 18.1. The van der Waals surface area contributed by atoms with Gasteiger partial charge in [-0.2, -0.15) is 0 Å². The lowest BCUT2D eigenvalue weighted by molar-refractivity contribution is -0.294. The number of carbonyl (C=O) groups excluding carboxylic acids is 2. The predicted molar refractivity (Wildman–Crippen MR) is 204 cm³/mol. The topological polar surface area (TPSA) is 208 Å². The zero-order valence-electron chi connectivity index (χ0n) is 32.0. The molecular formula is C41H56N2O11. The number of aliphatic hydroxyl groups excluding tert-OH is 3. The van der Waals surface area contributed by atoms with Crippen molar-refractivity contribution >= 4 is 11.7 Å². The summed E-state index contributed by atoms with van der Waals surface area (Å²) in [6.07, 6.45) is 15.6. The number of Topliss-reactive ketones (excluding diaryl/α,β-unsaturated/α-hetero) is 1. The lowest BCUT2D eigenvalue weighted by Gasteiger charge is -2.44. The maximum absolute atomic E-state index is 13.0. The molecule has 13 heteroatoms. The van der Waals surface area contributed by atoms with Gasteiger partial charge < -0.3 is 50.0 Å². The van der Waals surface area contributed by atoms with Gasteiger partial charge in [-0.1, -0.05) is 86.8 Å². The highest BCUT2D eigenvalue weighted by Crippen LogP contribution is 2.37. The van der Waals surface area contributed by atoms with Gasteiger partial charge in [0.15, 0.2) is 11.6 Å². The Balaban J connectivity index is 1.55. The van der Waals surface area contributed by atoms with Crippen molar-refractivity contribution in [3.63, 3.8) is 0 Å². The smallest absolute Gasteiger partial charge is 0.262 e. The number of hydrogen-bond donors (Lipinski definition) is 7. The van der Waals surface area contributed by atoms with Crippen molar-refractivity contribution in [2.45, 2.75) is 96.5 Å². The number of amides is 1. The SMILES string of the molecule is CC=CC=CC1OC(O)(C(C)C(=O)NCC=CC=C(C)C(OC)C(C)C2OC(C=CC=CC=C(C)C(=O)c3c(O)cc[nH]c3=O)C(O)C2O)CC(O)C1C. The van der Waals surface area contributed by atoms with Crippen LogP contribution in [0.1, 0.15) is 58.3 Å². The van der Waals surface area contributed by atoms with Crippen LogP contribution in [0.5, 0.6) is 5.75 Å². The number of aromatic hydroxyl groups is 1. The molecule has 2 saturated heterocycles. The summed E-state index contributed by atoms with van der Waals surface area (Å²) in [7, 11) is 1.54. The van der Waals surface area contributed by atoms with Crippen molar-refractivity contribution in [1.82, 2.24) is 10.3 Å². The molecule has 2 aliphatic rings. The minimum atomic E-state index is -1.84. The molecule has 11 atom stereocenters. The first-order valence-electron chi connectivity index (χ1n) is 18.1. The quantitative estimate of drug-likeness (QED) is 0.0741. The molecule has 13 nitrogen and oxygen atoms in total. The minimum absolute atomic E-state index is 0.0934. The predicted octanol–water partition coefficient (Wildman–Crippen LogP) is 3.32. The molecule has 0 saturated carbocycles. The third-order valence-corrected chi connectivity index (χ3v) is 9.96. The summed E-state index contributed by atoms with van der Waals surface area (Å²) in [6, 6.07) is 1.22. The van der Waals surface area contributed by atoms with E-state index in [0.29, 0.717) is 0 Å². The van der Waals surface area contributed by atoms with Crippen molar-refractivity contribution < 1.29 is 49.3 Å². The van der Waals surface area contributed by atoms with E-state index in [9.17, 15) is 39.9 Å². The first-order chi connectivity index (χ1) is 25.6. The van der Waals surface area contributed by atoms with E-state index in [-0.39, 0.29) is 35.9 Å². The van der Waals surface area contributed by atoms with Crippen LogP contribution in [0.4, 0.5) is 0 Å². The molecule has 0 radical (unpaired) electrons. The van der Waals surface area contributed by atoms with E-state index in [1.54, 1.807) is 55.5 Å². The molecule has 1 aromatic rings. The van der Waals surface area contributed by atoms with Crippen LogP contribution in [0.2, 0.25) is 0 Å². The Morgan fingerprint density at radius 2 is 1.72 bits per heavy atom. The number of hydrogen-bond acceptors (Lipinski definition) is 11. The molecule has 0 aliphatic carbocycles. The highest BCUT2D eigenvalue weighted by Gasteiger charge is 2.49. The van der Waals surface area contributed by atoms with Gasteiger partial charge in [0.05, 0.1) is 30.3 Å². The Hall–Kier alpha value is -4.21. The van der Waals surface area contributed by atoms with Crippen LogP contribution in [0, 0.1) is 17.8 Å². The molecule has 7 N–H and O–H groups in total. The molecular weight excluding hydrogens is 696 g/mol. The van der Waals surface area contributed by atoms with Gasteiger partial charge in [-0.25, -0.2) is 0 Å². The van der Waals surface area contributed by atoms with Gasteiger partial charge in [0.2, 0.25) is 5.91 Å². The van der Waals surface area contributed by atoms with Gasteiger partial charge in [-0.3, -0.25) is 14.4 Å². The number of rotatable bonds is 16. The summed E-state index contributed by atoms with van der Waals surface area (Å²) in [5, 5.41) is 56.1. The molecule has 2 aliphatic heterocycles. The van der Waals surface area contributed by atoms with Crippen LogP contribution in [0.3, 0.4) is 0 Å². The molecule has 54 heavy (non-hydrogen) atoms. The molecule has 0 aromatic carbocycles.